The summed E-state index contributed by atoms with van der Waals surface area (Å²) < 4.78 is 11.1. The third kappa shape index (κ3) is 7.18. The molecular formula is C31H34N6O2S. The third-order valence-corrected chi connectivity index (χ3v) is 7.00. The first-order valence-electron chi connectivity index (χ1n) is 13.0. The molecule has 0 radical (unpaired) electrons. The maximum absolute atomic E-state index is 6.13. The molecule has 40 heavy (non-hydrogen) atoms. The highest BCUT2D eigenvalue weighted by Crippen LogP contribution is 2.36. The van der Waals surface area contributed by atoms with E-state index in [1.807, 2.05) is 42.5 Å². The molecule has 8 nitrogen and oxygen atoms in total. The fraction of sp³-hybridized carbons (Fsp3) is 0.226. The fourth-order valence-corrected chi connectivity index (χ4v) is 4.83. The first-order valence-corrected chi connectivity index (χ1v) is 13.8. The number of aromatic nitrogens is 4. The van der Waals surface area contributed by atoms with E-state index in [-0.39, 0.29) is 0 Å². The summed E-state index contributed by atoms with van der Waals surface area (Å²) in [5.41, 5.74) is 12.3. The van der Waals surface area contributed by atoms with Crippen LogP contribution in [0.3, 0.4) is 0 Å². The maximum atomic E-state index is 6.13. The van der Waals surface area contributed by atoms with Gasteiger partial charge in [-0.3, -0.25) is 4.98 Å². The Balaban J connectivity index is 1.65. The van der Waals surface area contributed by atoms with Crippen LogP contribution in [0.5, 0.6) is 11.5 Å². The number of hydrogen-bond donors (Lipinski definition) is 2. The Morgan fingerprint density at radius 1 is 1.02 bits per heavy atom. The molecule has 4 aromatic rings. The van der Waals surface area contributed by atoms with Crippen LogP contribution in [0.1, 0.15) is 35.7 Å². The molecule has 3 N–H and O–H groups in total. The Kier molecular flexibility index (Phi) is 9.75. The zero-order valence-corrected chi connectivity index (χ0v) is 24.1. The predicted octanol–water partition coefficient (Wildman–Crippen LogP) is 6.27. The number of hydrogen-bond acceptors (Lipinski definition) is 9. The summed E-state index contributed by atoms with van der Waals surface area (Å²) in [4.78, 5) is 19.1. The fourth-order valence-electron chi connectivity index (χ4n) is 4.15. The number of aryl methyl sites for hydroxylation is 2. The standard InChI is InChI=1S/C31H34N6O2S/c1-6-13-39-25-14-20(2)30(21(3)15-25)27-16-26(36-31(37-27)28-19-33-11-12-34-28)29(17-32)40-22(4)35-18-23-7-9-24(38-5)10-8-23/h7-12,14-17,19,35H,4,6,13,18,32H2,1-3,5H3/b29-17-. The van der Waals surface area contributed by atoms with E-state index in [9.17, 15) is 0 Å². The Bertz CT molecular complexity index is 1470. The SMILES string of the molecule is C=C(NCc1ccc(OC)cc1)S/C(=C\N)c1cc(-c2c(C)cc(OCCC)cc2C)nc(-c2cnccn2)n1. The Morgan fingerprint density at radius 3 is 2.40 bits per heavy atom. The first-order chi connectivity index (χ1) is 19.4. The van der Waals surface area contributed by atoms with Gasteiger partial charge >= 0.3 is 0 Å². The molecule has 0 fully saturated rings. The minimum Gasteiger partial charge on any atom is -0.497 e. The van der Waals surface area contributed by atoms with Gasteiger partial charge < -0.3 is 20.5 Å². The van der Waals surface area contributed by atoms with E-state index in [4.69, 9.17) is 25.2 Å². The summed E-state index contributed by atoms with van der Waals surface area (Å²) in [5.74, 6) is 2.13. The van der Waals surface area contributed by atoms with Gasteiger partial charge in [-0.1, -0.05) is 37.4 Å². The van der Waals surface area contributed by atoms with Crippen molar-refractivity contribution in [3.05, 3.63) is 101 Å². The van der Waals surface area contributed by atoms with Crippen molar-refractivity contribution in [2.24, 2.45) is 5.73 Å². The second kappa shape index (κ2) is 13.6. The molecule has 206 valence electrons. The Hall–Kier alpha value is -4.37. The number of benzene rings is 2. The topological polar surface area (TPSA) is 108 Å². The summed E-state index contributed by atoms with van der Waals surface area (Å²) in [5, 5.41) is 4.09. The molecular weight excluding hydrogens is 520 g/mol. The smallest absolute Gasteiger partial charge is 0.180 e. The zero-order chi connectivity index (χ0) is 28.5. The number of thioether (sulfide) groups is 1. The van der Waals surface area contributed by atoms with E-state index in [1.165, 1.54) is 11.8 Å². The number of nitrogens with one attached hydrogen (secondary N) is 1. The number of rotatable bonds is 12. The maximum Gasteiger partial charge on any atom is 0.180 e. The summed E-state index contributed by atoms with van der Waals surface area (Å²) in [7, 11) is 1.65. The molecule has 0 saturated heterocycles. The molecule has 2 heterocycles. The van der Waals surface area contributed by atoms with Crippen LogP contribution in [0, 0.1) is 13.8 Å². The van der Waals surface area contributed by atoms with Gasteiger partial charge in [0.25, 0.3) is 0 Å². The average molecular weight is 555 g/mol. The quantitative estimate of drug-likeness (QED) is 0.210. The van der Waals surface area contributed by atoms with E-state index in [2.05, 4.69) is 42.6 Å². The van der Waals surface area contributed by atoms with Gasteiger partial charge in [0, 0.05) is 30.7 Å². The molecule has 2 aromatic carbocycles. The molecule has 0 unspecified atom stereocenters. The highest BCUT2D eigenvalue weighted by molar-refractivity contribution is 8.11. The highest BCUT2D eigenvalue weighted by Gasteiger charge is 2.17. The van der Waals surface area contributed by atoms with Crippen LogP contribution in [0.4, 0.5) is 0 Å². The van der Waals surface area contributed by atoms with Gasteiger partial charge in [0.2, 0.25) is 0 Å². The number of nitrogens with two attached hydrogens (primary N) is 1. The molecule has 0 aliphatic carbocycles. The lowest BCUT2D eigenvalue weighted by molar-refractivity contribution is 0.317. The van der Waals surface area contributed by atoms with Crippen molar-refractivity contribution >= 4 is 16.7 Å². The highest BCUT2D eigenvalue weighted by atomic mass is 32.2. The van der Waals surface area contributed by atoms with Crippen molar-refractivity contribution in [1.82, 2.24) is 25.3 Å². The van der Waals surface area contributed by atoms with Gasteiger partial charge in [0.15, 0.2) is 5.82 Å². The summed E-state index contributed by atoms with van der Waals surface area (Å²) in [6, 6.07) is 13.9. The van der Waals surface area contributed by atoms with Crippen LogP contribution in [0.25, 0.3) is 27.7 Å². The normalized spacial score (nSPS) is 11.2. The van der Waals surface area contributed by atoms with Crippen LogP contribution in [0.15, 0.2) is 78.9 Å². The minimum absolute atomic E-state index is 0.461. The van der Waals surface area contributed by atoms with E-state index in [0.29, 0.717) is 30.4 Å². The van der Waals surface area contributed by atoms with Gasteiger partial charge in [0.1, 0.15) is 17.2 Å². The molecule has 0 saturated carbocycles. The van der Waals surface area contributed by atoms with Crippen molar-refractivity contribution in [2.75, 3.05) is 13.7 Å². The van der Waals surface area contributed by atoms with Crippen molar-refractivity contribution < 1.29 is 9.47 Å². The van der Waals surface area contributed by atoms with E-state index >= 15 is 0 Å². The van der Waals surface area contributed by atoms with E-state index < -0.39 is 0 Å². The third-order valence-electron chi connectivity index (χ3n) is 6.04. The molecule has 0 bridgehead atoms. The molecule has 4 rings (SSSR count). The van der Waals surface area contributed by atoms with Gasteiger partial charge in [-0.25, -0.2) is 15.0 Å². The van der Waals surface area contributed by atoms with Crippen LogP contribution in [0.2, 0.25) is 0 Å². The summed E-state index contributed by atoms with van der Waals surface area (Å²) in [6.45, 7) is 11.7. The lowest BCUT2D eigenvalue weighted by Gasteiger charge is -2.16. The number of methoxy groups -OCH3 is 1. The molecule has 2 aromatic heterocycles. The van der Waals surface area contributed by atoms with Crippen LogP contribution in [-0.4, -0.2) is 33.7 Å². The number of nitrogens with zero attached hydrogens (tertiary/aromatic N) is 4. The molecule has 0 aliphatic rings. The molecule has 0 atom stereocenters. The average Bonchev–Trinajstić information content (AvgIpc) is 2.98. The lowest BCUT2D eigenvalue weighted by Crippen LogP contribution is -2.10. The van der Waals surface area contributed by atoms with Crippen molar-refractivity contribution in [3.63, 3.8) is 0 Å². The number of ether oxygens (including phenoxy) is 2. The van der Waals surface area contributed by atoms with Crippen molar-refractivity contribution in [3.8, 4) is 34.3 Å². The van der Waals surface area contributed by atoms with E-state index in [0.717, 1.165) is 55.8 Å². The lowest BCUT2D eigenvalue weighted by atomic mass is 9.98. The predicted molar refractivity (Wildman–Crippen MR) is 162 cm³/mol. The van der Waals surface area contributed by atoms with Crippen LogP contribution < -0.4 is 20.5 Å². The zero-order valence-electron chi connectivity index (χ0n) is 23.3. The van der Waals surface area contributed by atoms with Crippen LogP contribution in [-0.2, 0) is 6.54 Å². The second-order valence-corrected chi connectivity index (χ2v) is 10.2. The first kappa shape index (κ1) is 28.6. The van der Waals surface area contributed by atoms with E-state index in [1.54, 1.807) is 31.9 Å². The monoisotopic (exact) mass is 554 g/mol. The Morgan fingerprint density at radius 2 is 1.77 bits per heavy atom. The molecule has 0 amide bonds. The van der Waals surface area contributed by atoms with Crippen LogP contribution >= 0.6 is 11.8 Å². The largest absolute Gasteiger partial charge is 0.497 e. The second-order valence-electron chi connectivity index (χ2n) is 9.09. The summed E-state index contributed by atoms with van der Waals surface area (Å²) in [6.07, 6.45) is 7.39. The van der Waals surface area contributed by atoms with Crippen molar-refractivity contribution in [2.45, 2.75) is 33.7 Å². The Labute approximate surface area is 239 Å². The van der Waals surface area contributed by atoms with Gasteiger partial charge in [-0.2, -0.15) is 0 Å². The summed E-state index contributed by atoms with van der Waals surface area (Å²) >= 11 is 1.41. The van der Waals surface area contributed by atoms with Gasteiger partial charge in [-0.15, -0.1) is 0 Å². The van der Waals surface area contributed by atoms with Crippen molar-refractivity contribution in [1.29, 1.82) is 0 Å². The molecule has 0 aliphatic heterocycles. The van der Waals surface area contributed by atoms with Gasteiger partial charge in [0.05, 0.1) is 41.2 Å². The minimum atomic E-state index is 0.461. The molecule has 9 heteroatoms. The van der Waals surface area contributed by atoms with Gasteiger partial charge in [-0.05, 0) is 67.3 Å². The molecule has 0 spiro atoms.